The highest BCUT2D eigenvalue weighted by Crippen LogP contribution is 2.24. The molecule has 2 aromatic heterocycles. The summed E-state index contributed by atoms with van der Waals surface area (Å²) in [5, 5.41) is 9.83. The fourth-order valence-electron chi connectivity index (χ4n) is 3.03. The second-order valence-corrected chi connectivity index (χ2v) is 7.13. The Bertz CT molecular complexity index is 1260. The molecule has 1 amide bonds. The molecule has 8 heteroatoms. The first-order chi connectivity index (χ1) is 13.6. The summed E-state index contributed by atoms with van der Waals surface area (Å²) in [6.07, 6.45) is 1.66. The minimum absolute atomic E-state index is 0.117. The Kier molecular flexibility index (Phi) is 4.70. The summed E-state index contributed by atoms with van der Waals surface area (Å²) in [5.41, 5.74) is 7.42. The van der Waals surface area contributed by atoms with Crippen molar-refractivity contribution in [2.24, 2.45) is 5.73 Å². The Labute approximate surface area is 164 Å². The van der Waals surface area contributed by atoms with Crippen molar-refractivity contribution in [3.8, 4) is 0 Å². The number of hydrogen-bond acceptors (Lipinski definition) is 5. The summed E-state index contributed by atoms with van der Waals surface area (Å²) in [7, 11) is 0. The number of nitrogens with zero attached hydrogens (tertiary/aromatic N) is 4. The zero-order valence-corrected chi connectivity index (χ0v) is 15.7. The van der Waals surface area contributed by atoms with Gasteiger partial charge in [0.2, 0.25) is 11.7 Å². The number of hydrogen-bond donors (Lipinski definition) is 1. The van der Waals surface area contributed by atoms with Crippen LogP contribution in [0.15, 0.2) is 71.1 Å². The van der Waals surface area contributed by atoms with Gasteiger partial charge in [0, 0.05) is 17.9 Å². The van der Waals surface area contributed by atoms with Crippen molar-refractivity contribution in [1.29, 1.82) is 0 Å². The van der Waals surface area contributed by atoms with Gasteiger partial charge in [0.05, 0.1) is 10.9 Å². The van der Waals surface area contributed by atoms with E-state index in [2.05, 4.69) is 16.8 Å². The van der Waals surface area contributed by atoms with Crippen molar-refractivity contribution in [3.63, 3.8) is 0 Å². The molecule has 0 atom stereocenters. The lowest BCUT2D eigenvalue weighted by atomic mass is 10.1. The van der Waals surface area contributed by atoms with Gasteiger partial charge < -0.3 is 5.73 Å². The molecule has 2 N–H and O–H groups in total. The lowest BCUT2D eigenvalue weighted by molar-refractivity contribution is 0.100. The van der Waals surface area contributed by atoms with Crippen LogP contribution in [0.25, 0.3) is 16.7 Å². The van der Waals surface area contributed by atoms with E-state index in [0.29, 0.717) is 34.2 Å². The van der Waals surface area contributed by atoms with Crippen LogP contribution in [-0.4, -0.2) is 25.1 Å². The lowest BCUT2D eigenvalue weighted by Crippen LogP contribution is -2.22. The third-order valence-corrected chi connectivity index (χ3v) is 5.40. The number of fused-ring (bicyclic) bond motifs is 3. The summed E-state index contributed by atoms with van der Waals surface area (Å²) in [6, 6.07) is 14.5. The SMILES string of the molecule is C=CCn1c(=O)c2ccccc2n2c(SCc3ccc(C(N)=O)cc3)nnc12. The average Bonchev–Trinajstić information content (AvgIpc) is 3.14. The Morgan fingerprint density at radius 2 is 1.89 bits per heavy atom. The van der Waals surface area contributed by atoms with Crippen LogP contribution in [0.2, 0.25) is 0 Å². The van der Waals surface area contributed by atoms with Crippen LogP contribution in [0.4, 0.5) is 0 Å². The molecular weight excluding hydrogens is 374 g/mol. The minimum atomic E-state index is -0.450. The van der Waals surface area contributed by atoms with E-state index in [0.717, 1.165) is 11.1 Å². The Morgan fingerprint density at radius 3 is 2.61 bits per heavy atom. The molecule has 7 nitrogen and oxygen atoms in total. The molecule has 0 aliphatic rings. The van der Waals surface area contributed by atoms with Gasteiger partial charge in [-0.25, -0.2) is 0 Å². The number of rotatable bonds is 6. The smallest absolute Gasteiger partial charge is 0.263 e. The monoisotopic (exact) mass is 391 g/mol. The highest BCUT2D eigenvalue weighted by Gasteiger charge is 2.16. The van der Waals surface area contributed by atoms with Crippen LogP contribution in [0.5, 0.6) is 0 Å². The number of aromatic nitrogens is 4. The maximum atomic E-state index is 12.8. The maximum absolute atomic E-state index is 12.8. The van der Waals surface area contributed by atoms with Gasteiger partial charge in [-0.05, 0) is 29.8 Å². The van der Waals surface area contributed by atoms with Crippen LogP contribution in [0.1, 0.15) is 15.9 Å². The van der Waals surface area contributed by atoms with Crippen LogP contribution in [0.3, 0.4) is 0 Å². The predicted molar refractivity (Wildman–Crippen MR) is 109 cm³/mol. The molecule has 0 radical (unpaired) electrons. The number of primary amides is 1. The molecule has 0 aliphatic carbocycles. The number of allylic oxidation sites excluding steroid dienone is 1. The molecule has 0 bridgehead atoms. The van der Waals surface area contributed by atoms with E-state index in [4.69, 9.17) is 5.73 Å². The molecular formula is C20H17N5O2S. The summed E-state index contributed by atoms with van der Waals surface area (Å²) in [6.45, 7) is 4.08. The van der Waals surface area contributed by atoms with Crippen molar-refractivity contribution in [2.45, 2.75) is 17.5 Å². The van der Waals surface area contributed by atoms with Crippen LogP contribution < -0.4 is 11.3 Å². The zero-order valence-electron chi connectivity index (χ0n) is 14.9. The maximum Gasteiger partial charge on any atom is 0.263 e. The van der Waals surface area contributed by atoms with Gasteiger partial charge in [-0.15, -0.1) is 16.8 Å². The van der Waals surface area contributed by atoms with E-state index >= 15 is 0 Å². The van der Waals surface area contributed by atoms with Gasteiger partial charge in [0.25, 0.3) is 5.56 Å². The fraction of sp³-hybridized carbons (Fsp3) is 0.100. The molecule has 0 unspecified atom stereocenters. The number of nitrogens with two attached hydrogens (primary N) is 1. The number of thioether (sulfide) groups is 1. The number of carbonyl (C=O) groups excluding carboxylic acids is 1. The predicted octanol–water partition coefficient (Wildman–Crippen LogP) is 2.62. The second kappa shape index (κ2) is 7.32. The van der Waals surface area contributed by atoms with Crippen molar-refractivity contribution in [1.82, 2.24) is 19.2 Å². The summed E-state index contributed by atoms with van der Waals surface area (Å²) >= 11 is 1.50. The van der Waals surface area contributed by atoms with E-state index in [1.165, 1.54) is 11.8 Å². The molecule has 28 heavy (non-hydrogen) atoms. The Hall–Kier alpha value is -3.39. The molecule has 0 saturated heterocycles. The summed E-state index contributed by atoms with van der Waals surface area (Å²) < 4.78 is 3.46. The normalized spacial score (nSPS) is 11.1. The summed E-state index contributed by atoms with van der Waals surface area (Å²) in [4.78, 5) is 24.0. The first kappa shape index (κ1) is 18.0. The van der Waals surface area contributed by atoms with Crippen LogP contribution in [-0.2, 0) is 12.3 Å². The molecule has 0 saturated carbocycles. The van der Waals surface area contributed by atoms with Gasteiger partial charge in [0.15, 0.2) is 5.16 Å². The fourth-order valence-corrected chi connectivity index (χ4v) is 3.93. The highest BCUT2D eigenvalue weighted by atomic mass is 32.2. The third kappa shape index (κ3) is 3.07. The van der Waals surface area contributed by atoms with Crippen LogP contribution in [0, 0.1) is 0 Å². The van der Waals surface area contributed by atoms with E-state index in [-0.39, 0.29) is 5.56 Å². The molecule has 0 fully saturated rings. The number of para-hydroxylation sites is 1. The quantitative estimate of drug-likeness (QED) is 0.403. The summed E-state index contributed by atoms with van der Waals surface area (Å²) in [5.74, 6) is 0.666. The van der Waals surface area contributed by atoms with Gasteiger partial charge in [-0.3, -0.25) is 18.6 Å². The zero-order chi connectivity index (χ0) is 19.7. The number of amides is 1. The molecule has 140 valence electrons. The van der Waals surface area contributed by atoms with Gasteiger partial charge in [0.1, 0.15) is 0 Å². The standard InChI is InChI=1S/C20H17N5O2S/c1-2-11-24-18(27)15-5-3-4-6-16(15)25-19(24)22-23-20(25)28-12-13-7-9-14(10-8-13)17(21)26/h2-10H,1,11-12H2,(H2,21,26). The molecule has 2 heterocycles. The Balaban J connectivity index is 1.77. The molecule has 2 aromatic carbocycles. The molecule has 0 aliphatic heterocycles. The first-order valence-electron chi connectivity index (χ1n) is 8.59. The molecule has 0 spiro atoms. The number of carbonyl (C=O) groups is 1. The third-order valence-electron chi connectivity index (χ3n) is 4.40. The second-order valence-electron chi connectivity index (χ2n) is 6.19. The van der Waals surface area contributed by atoms with Crippen LogP contribution >= 0.6 is 11.8 Å². The van der Waals surface area contributed by atoms with E-state index in [9.17, 15) is 9.59 Å². The average molecular weight is 391 g/mol. The van der Waals surface area contributed by atoms with E-state index in [1.54, 1.807) is 28.8 Å². The molecule has 4 rings (SSSR count). The highest BCUT2D eigenvalue weighted by molar-refractivity contribution is 7.98. The van der Waals surface area contributed by atoms with Crippen molar-refractivity contribution in [2.75, 3.05) is 0 Å². The van der Waals surface area contributed by atoms with Gasteiger partial charge in [-0.2, -0.15) is 0 Å². The van der Waals surface area contributed by atoms with Crippen molar-refractivity contribution < 1.29 is 4.79 Å². The van der Waals surface area contributed by atoms with Gasteiger partial charge in [-0.1, -0.05) is 42.1 Å². The largest absolute Gasteiger partial charge is 0.366 e. The van der Waals surface area contributed by atoms with E-state index < -0.39 is 5.91 Å². The Morgan fingerprint density at radius 1 is 1.14 bits per heavy atom. The van der Waals surface area contributed by atoms with Gasteiger partial charge >= 0.3 is 0 Å². The lowest BCUT2D eigenvalue weighted by Gasteiger charge is -2.09. The van der Waals surface area contributed by atoms with Crippen molar-refractivity contribution >= 4 is 34.3 Å². The minimum Gasteiger partial charge on any atom is -0.366 e. The van der Waals surface area contributed by atoms with E-state index in [1.807, 2.05) is 34.7 Å². The van der Waals surface area contributed by atoms with Crippen molar-refractivity contribution in [3.05, 3.63) is 82.7 Å². The topological polar surface area (TPSA) is 95.3 Å². The number of benzene rings is 2. The molecule has 4 aromatic rings. The first-order valence-corrected chi connectivity index (χ1v) is 9.58.